The normalized spacial score (nSPS) is 18.8. The first-order valence-corrected chi connectivity index (χ1v) is 15.9. The molecule has 0 radical (unpaired) electrons. The van der Waals surface area contributed by atoms with Crippen LogP contribution in [0.1, 0.15) is 152 Å². The highest BCUT2D eigenvalue weighted by Gasteiger charge is 2.31. The van der Waals surface area contributed by atoms with Gasteiger partial charge in [0, 0.05) is 54.3 Å². The van der Waals surface area contributed by atoms with Crippen LogP contribution in [0.4, 0.5) is 0 Å². The van der Waals surface area contributed by atoms with Crippen LogP contribution < -0.4 is 0 Å². The number of aryl methyl sites for hydroxylation is 2. The van der Waals surface area contributed by atoms with Gasteiger partial charge >= 0.3 is 0 Å². The maximum atomic E-state index is 4.87. The number of fused-ring (bicyclic) bond motifs is 2. The van der Waals surface area contributed by atoms with Gasteiger partial charge in [0.25, 0.3) is 0 Å². The van der Waals surface area contributed by atoms with Gasteiger partial charge in [0.2, 0.25) is 0 Å². The van der Waals surface area contributed by atoms with Crippen molar-refractivity contribution in [1.29, 1.82) is 0 Å². The lowest BCUT2D eigenvalue weighted by Gasteiger charge is -2.37. The van der Waals surface area contributed by atoms with Crippen LogP contribution in [0.15, 0.2) is 0 Å². The van der Waals surface area contributed by atoms with Crippen molar-refractivity contribution in [2.75, 3.05) is 27.2 Å². The van der Waals surface area contributed by atoms with Crippen molar-refractivity contribution in [3.8, 4) is 0 Å². The number of likely N-dealkylation sites (N-methyl/N-ethyl adjacent to an activating group) is 2. The smallest absolute Gasteiger partial charge is 0.131 e. The fourth-order valence-corrected chi connectivity index (χ4v) is 5.60. The molecule has 2 atom stereocenters. The molecule has 0 N–H and O–H groups in total. The zero-order valence-corrected chi connectivity index (χ0v) is 29.0. The summed E-state index contributed by atoms with van der Waals surface area (Å²) in [5.41, 5.74) is 7.67. The Kier molecular flexibility index (Phi) is 14.9. The SMILES string of the molecule is CC.CC.Cc1nc(C(C)C)nc2c1CCN(C)C2C(C)C.Cc1nc(C(C)C)nc2c1CN(C)CC2C(C)C. The average molecular weight is 555 g/mol. The van der Waals surface area contributed by atoms with Crippen molar-refractivity contribution in [3.05, 3.63) is 45.6 Å². The molecule has 0 spiro atoms. The number of aromatic nitrogens is 4. The third kappa shape index (κ3) is 8.79. The quantitative estimate of drug-likeness (QED) is 0.379. The summed E-state index contributed by atoms with van der Waals surface area (Å²) in [6, 6.07) is 0.438. The molecule has 0 fully saturated rings. The molecule has 40 heavy (non-hydrogen) atoms. The summed E-state index contributed by atoms with van der Waals surface area (Å²) < 4.78 is 0. The Bertz CT molecular complexity index is 1040. The van der Waals surface area contributed by atoms with E-state index in [1.165, 1.54) is 33.9 Å². The second-order valence-electron chi connectivity index (χ2n) is 12.3. The van der Waals surface area contributed by atoms with E-state index in [4.69, 9.17) is 9.97 Å². The van der Waals surface area contributed by atoms with Gasteiger partial charge in [0.1, 0.15) is 11.6 Å². The highest BCUT2D eigenvalue weighted by atomic mass is 15.2. The van der Waals surface area contributed by atoms with Crippen molar-refractivity contribution < 1.29 is 0 Å². The van der Waals surface area contributed by atoms with Crippen LogP contribution in [-0.4, -0.2) is 56.9 Å². The Morgan fingerprint density at radius 2 is 1.12 bits per heavy atom. The highest BCUT2D eigenvalue weighted by molar-refractivity contribution is 5.32. The van der Waals surface area contributed by atoms with Crippen LogP contribution in [0.25, 0.3) is 0 Å². The molecule has 0 amide bonds. The summed E-state index contributed by atoms with van der Waals surface area (Å²) >= 11 is 0. The largest absolute Gasteiger partial charge is 0.301 e. The molecule has 2 aliphatic heterocycles. The summed E-state index contributed by atoms with van der Waals surface area (Å²) in [6.45, 7) is 33.3. The molecule has 2 aliphatic rings. The topological polar surface area (TPSA) is 58.0 Å². The van der Waals surface area contributed by atoms with Crippen molar-refractivity contribution in [3.63, 3.8) is 0 Å². The molecule has 0 aromatic carbocycles. The first kappa shape index (κ1) is 36.1. The minimum absolute atomic E-state index is 0.397. The van der Waals surface area contributed by atoms with Crippen molar-refractivity contribution >= 4 is 0 Å². The standard InChI is InChI=1S/2C15H25N3.2C2H6/c1-9(2)12-7-18(6)8-13-11(5)16-15(10(3)4)17-14(12)13;1-9(2)14-13-12(7-8-18(14)6)11(5)16-15(17-13)10(3)4;2*1-2/h9-10,12H,7-8H2,1-6H3;9-10,14H,7-8H2,1-6H3;2*1-2H3. The first-order chi connectivity index (χ1) is 18.8. The Hall–Kier alpha value is -1.92. The van der Waals surface area contributed by atoms with E-state index in [1.807, 2.05) is 27.7 Å². The first-order valence-electron chi connectivity index (χ1n) is 15.9. The molecule has 6 nitrogen and oxygen atoms in total. The van der Waals surface area contributed by atoms with E-state index in [1.54, 1.807) is 0 Å². The van der Waals surface area contributed by atoms with E-state index in [9.17, 15) is 0 Å². The van der Waals surface area contributed by atoms with Gasteiger partial charge in [-0.3, -0.25) is 4.90 Å². The minimum Gasteiger partial charge on any atom is -0.301 e. The van der Waals surface area contributed by atoms with Gasteiger partial charge in [-0.1, -0.05) is 83.1 Å². The summed E-state index contributed by atoms with van der Waals surface area (Å²) in [5.74, 6) is 4.55. The van der Waals surface area contributed by atoms with Gasteiger partial charge in [-0.05, 0) is 51.8 Å². The minimum atomic E-state index is 0.397. The summed E-state index contributed by atoms with van der Waals surface area (Å²) in [7, 11) is 4.40. The van der Waals surface area contributed by atoms with Crippen LogP contribution in [0.2, 0.25) is 0 Å². The number of nitrogens with zero attached hydrogens (tertiary/aromatic N) is 6. The number of hydrogen-bond acceptors (Lipinski definition) is 6. The van der Waals surface area contributed by atoms with Crippen LogP contribution in [-0.2, 0) is 13.0 Å². The van der Waals surface area contributed by atoms with Gasteiger partial charge in [-0.2, -0.15) is 0 Å². The van der Waals surface area contributed by atoms with Crippen LogP contribution >= 0.6 is 0 Å². The molecule has 0 bridgehead atoms. The number of hydrogen-bond donors (Lipinski definition) is 0. The highest BCUT2D eigenvalue weighted by Crippen LogP contribution is 2.35. The molecule has 228 valence electrons. The predicted molar refractivity (Wildman–Crippen MR) is 172 cm³/mol. The molecule has 2 aromatic heterocycles. The number of rotatable bonds is 4. The van der Waals surface area contributed by atoms with Gasteiger partial charge in [-0.25, -0.2) is 19.9 Å². The van der Waals surface area contributed by atoms with E-state index in [2.05, 4.69) is 103 Å². The maximum absolute atomic E-state index is 4.87. The van der Waals surface area contributed by atoms with E-state index in [0.29, 0.717) is 35.6 Å². The molecule has 0 aliphatic carbocycles. The molecule has 4 rings (SSSR count). The van der Waals surface area contributed by atoms with Crippen LogP contribution in [0, 0.1) is 25.7 Å². The van der Waals surface area contributed by atoms with Crippen LogP contribution in [0.3, 0.4) is 0 Å². The second kappa shape index (κ2) is 16.5. The Balaban J connectivity index is 0.000000356. The summed E-state index contributed by atoms with van der Waals surface area (Å²) in [5, 5.41) is 0. The summed E-state index contributed by atoms with van der Waals surface area (Å²) in [6.07, 6.45) is 1.08. The van der Waals surface area contributed by atoms with Gasteiger partial charge in [0.15, 0.2) is 0 Å². The molecule has 2 unspecified atom stereocenters. The monoisotopic (exact) mass is 555 g/mol. The third-order valence-corrected chi connectivity index (χ3v) is 7.75. The zero-order chi connectivity index (χ0) is 30.9. The fourth-order valence-electron chi connectivity index (χ4n) is 5.60. The Morgan fingerprint density at radius 3 is 1.57 bits per heavy atom. The molecular formula is C34H62N6. The predicted octanol–water partition coefficient (Wildman–Crippen LogP) is 8.24. The van der Waals surface area contributed by atoms with Crippen molar-refractivity contribution in [2.45, 2.75) is 134 Å². The molecule has 4 heterocycles. The molecule has 0 saturated heterocycles. The molecule has 2 aromatic rings. The van der Waals surface area contributed by atoms with Crippen molar-refractivity contribution in [2.24, 2.45) is 11.8 Å². The zero-order valence-electron chi connectivity index (χ0n) is 29.0. The molecule has 0 saturated carbocycles. The summed E-state index contributed by atoms with van der Waals surface area (Å²) in [4.78, 5) is 23.9. The second-order valence-corrected chi connectivity index (χ2v) is 12.3. The molecular weight excluding hydrogens is 492 g/mol. The maximum Gasteiger partial charge on any atom is 0.131 e. The average Bonchev–Trinajstić information content (AvgIpc) is 2.90. The van der Waals surface area contributed by atoms with Crippen molar-refractivity contribution in [1.82, 2.24) is 29.7 Å². The Morgan fingerprint density at radius 1 is 0.650 bits per heavy atom. The lowest BCUT2D eigenvalue weighted by molar-refractivity contribution is 0.175. The van der Waals surface area contributed by atoms with E-state index >= 15 is 0 Å². The third-order valence-electron chi connectivity index (χ3n) is 7.75. The lowest BCUT2D eigenvalue weighted by Crippen LogP contribution is -2.36. The van der Waals surface area contributed by atoms with Gasteiger partial charge in [0.05, 0.1) is 17.4 Å². The van der Waals surface area contributed by atoms with Crippen LogP contribution in [0.5, 0.6) is 0 Å². The van der Waals surface area contributed by atoms with Gasteiger partial charge in [-0.15, -0.1) is 0 Å². The molecule has 6 heteroatoms. The fraction of sp³-hybridized carbons (Fsp3) is 0.765. The van der Waals surface area contributed by atoms with E-state index < -0.39 is 0 Å². The van der Waals surface area contributed by atoms with E-state index in [0.717, 1.165) is 37.7 Å². The lowest BCUT2D eigenvalue weighted by atomic mass is 9.85. The van der Waals surface area contributed by atoms with Gasteiger partial charge < -0.3 is 4.90 Å². The Labute approximate surface area is 247 Å². The van der Waals surface area contributed by atoms with E-state index in [-0.39, 0.29) is 0 Å².